The number of nitrogens with zero attached hydrogens (tertiary/aromatic N) is 5. The smallest absolute Gasteiger partial charge is 0.407 e. The molecule has 0 bridgehead atoms. The number of nitrogens with one attached hydrogen (secondary N) is 1. The Kier molecular flexibility index (Phi) is 8.58. The summed E-state index contributed by atoms with van der Waals surface area (Å²) in [4.78, 5) is 43.2. The first kappa shape index (κ1) is 31.2. The first-order chi connectivity index (χ1) is 21.5. The number of carbonyl (C=O) groups excluding carboxylic acids is 2. The third-order valence-corrected chi connectivity index (χ3v) is 9.45. The van der Waals surface area contributed by atoms with E-state index in [1.165, 1.54) is 18.7 Å². The number of aromatic nitrogens is 1. The molecule has 0 fully saturated rings. The van der Waals surface area contributed by atoms with E-state index in [0.29, 0.717) is 28.0 Å². The number of fused-ring (bicyclic) bond motifs is 2. The predicted octanol–water partition coefficient (Wildman–Crippen LogP) is 5.66. The van der Waals surface area contributed by atoms with Crippen LogP contribution in [-0.4, -0.2) is 55.9 Å². The predicted molar refractivity (Wildman–Crippen MR) is 172 cm³/mol. The van der Waals surface area contributed by atoms with Gasteiger partial charge < -0.3 is 15.3 Å². The lowest BCUT2D eigenvalue weighted by atomic mass is 10.00. The van der Waals surface area contributed by atoms with Crippen LogP contribution in [0.15, 0.2) is 77.7 Å². The number of rotatable bonds is 7. The molecule has 0 saturated heterocycles. The monoisotopic (exact) mass is 620 g/mol. The van der Waals surface area contributed by atoms with Crippen molar-refractivity contribution in [1.82, 2.24) is 14.8 Å². The second-order valence-corrected chi connectivity index (χ2v) is 12.9. The van der Waals surface area contributed by atoms with Gasteiger partial charge in [0.15, 0.2) is 0 Å². The molecule has 0 aliphatic carbocycles. The fourth-order valence-electron chi connectivity index (χ4n) is 5.81. The zero-order chi connectivity index (χ0) is 32.5. The maximum atomic E-state index is 14.6. The summed E-state index contributed by atoms with van der Waals surface area (Å²) in [5.74, 6) is -0.978. The van der Waals surface area contributed by atoms with Gasteiger partial charge in [0.05, 0.1) is 29.0 Å². The molecule has 1 aliphatic heterocycles. The van der Waals surface area contributed by atoms with E-state index < -0.39 is 34.7 Å². The van der Waals surface area contributed by atoms with Gasteiger partial charge in [-0.15, -0.1) is 11.8 Å². The van der Waals surface area contributed by atoms with E-state index in [4.69, 9.17) is 0 Å². The van der Waals surface area contributed by atoms with Crippen LogP contribution in [0.1, 0.15) is 44.5 Å². The van der Waals surface area contributed by atoms with Crippen molar-refractivity contribution in [3.63, 3.8) is 0 Å². The van der Waals surface area contributed by atoms with Crippen LogP contribution in [0.4, 0.5) is 10.5 Å². The van der Waals surface area contributed by atoms with Crippen molar-refractivity contribution in [2.45, 2.75) is 56.0 Å². The van der Waals surface area contributed by atoms with Crippen LogP contribution in [0.5, 0.6) is 0 Å². The molecule has 10 nitrogen and oxygen atoms in total. The summed E-state index contributed by atoms with van der Waals surface area (Å²) in [7, 11) is 0. The Morgan fingerprint density at radius 1 is 1.02 bits per heavy atom. The highest BCUT2D eigenvalue weighted by Gasteiger charge is 2.45. The molecular formula is C34H32N6O4S. The van der Waals surface area contributed by atoms with E-state index in [-0.39, 0.29) is 18.8 Å². The van der Waals surface area contributed by atoms with Crippen molar-refractivity contribution in [3.05, 3.63) is 89.6 Å². The highest BCUT2D eigenvalue weighted by molar-refractivity contribution is 8.01. The highest BCUT2D eigenvalue weighted by Crippen LogP contribution is 2.45. The van der Waals surface area contributed by atoms with Crippen molar-refractivity contribution in [3.8, 4) is 17.8 Å². The van der Waals surface area contributed by atoms with Crippen LogP contribution in [0.3, 0.4) is 0 Å². The summed E-state index contributed by atoms with van der Waals surface area (Å²) in [5.41, 5.74) is 3.17. The Labute approximate surface area is 265 Å². The Morgan fingerprint density at radius 2 is 1.67 bits per heavy atom. The second kappa shape index (κ2) is 12.4. The van der Waals surface area contributed by atoms with Crippen molar-refractivity contribution in [2.75, 3.05) is 11.4 Å². The number of carbonyl (C=O) groups is 3. The summed E-state index contributed by atoms with van der Waals surface area (Å²) >= 11 is 1.44. The topological polar surface area (TPSA) is 142 Å². The molecule has 1 aromatic heterocycles. The molecule has 2 atom stereocenters. The molecule has 0 saturated carbocycles. The summed E-state index contributed by atoms with van der Waals surface area (Å²) < 4.78 is 0.928. The van der Waals surface area contributed by atoms with Gasteiger partial charge >= 0.3 is 6.09 Å². The number of nitriles is 2. The molecule has 45 heavy (non-hydrogen) atoms. The molecule has 228 valence electrons. The van der Waals surface area contributed by atoms with Crippen LogP contribution < -0.4 is 10.2 Å². The molecule has 3 aromatic carbocycles. The van der Waals surface area contributed by atoms with Crippen LogP contribution in [0.25, 0.3) is 16.6 Å². The van der Waals surface area contributed by atoms with Crippen LogP contribution in [-0.2, 0) is 16.1 Å². The minimum Gasteiger partial charge on any atom is -0.465 e. The summed E-state index contributed by atoms with van der Waals surface area (Å²) in [6.45, 7) is 6.99. The number of anilines is 1. The van der Waals surface area contributed by atoms with Crippen molar-refractivity contribution < 1.29 is 19.5 Å². The Morgan fingerprint density at radius 3 is 2.33 bits per heavy atom. The molecular weight excluding hydrogens is 588 g/mol. The minimum absolute atomic E-state index is 0.00967. The van der Waals surface area contributed by atoms with Crippen LogP contribution in [0, 0.1) is 22.7 Å². The minimum atomic E-state index is -1.23. The molecule has 0 unspecified atom stereocenters. The number of hydrogen-bond acceptors (Lipinski definition) is 6. The van der Waals surface area contributed by atoms with Gasteiger partial charge in [-0.3, -0.25) is 19.1 Å². The molecule has 0 spiro atoms. The molecule has 3 amide bonds. The van der Waals surface area contributed by atoms with Crippen molar-refractivity contribution >= 4 is 46.3 Å². The van der Waals surface area contributed by atoms with Gasteiger partial charge in [-0.25, -0.2) is 4.79 Å². The van der Waals surface area contributed by atoms with Gasteiger partial charge in [-0.2, -0.15) is 10.5 Å². The third-order valence-electron chi connectivity index (χ3n) is 8.12. The molecule has 2 N–H and O–H groups in total. The first-order valence-electron chi connectivity index (χ1n) is 14.4. The number of likely N-dealkylation sites (N-methyl/N-ethyl adjacent to an activating group) is 1. The van der Waals surface area contributed by atoms with Crippen molar-refractivity contribution in [2.24, 2.45) is 0 Å². The third kappa shape index (κ3) is 5.59. The van der Waals surface area contributed by atoms with Gasteiger partial charge in [0.2, 0.25) is 5.91 Å². The lowest BCUT2D eigenvalue weighted by Gasteiger charge is -2.34. The zero-order valence-electron chi connectivity index (χ0n) is 25.3. The van der Waals surface area contributed by atoms with Crippen LogP contribution >= 0.6 is 11.8 Å². The molecule has 5 rings (SSSR count). The van der Waals surface area contributed by atoms with E-state index in [0.717, 1.165) is 15.2 Å². The number of amides is 3. The second-order valence-electron chi connectivity index (χ2n) is 11.2. The van der Waals surface area contributed by atoms with Gasteiger partial charge in [-0.1, -0.05) is 42.5 Å². The largest absolute Gasteiger partial charge is 0.465 e. The average molecular weight is 621 g/mol. The maximum absolute atomic E-state index is 14.6. The van der Waals surface area contributed by atoms with Crippen LogP contribution in [0.2, 0.25) is 0 Å². The number of thioether (sulfide) groups is 1. The maximum Gasteiger partial charge on any atom is 0.407 e. The number of carboxylic acid groups (broad SMARTS) is 1. The van der Waals surface area contributed by atoms with E-state index >= 15 is 0 Å². The quantitative estimate of drug-likeness (QED) is 0.271. The Hall–Kier alpha value is -5.26. The number of para-hydroxylation sites is 3. The van der Waals surface area contributed by atoms with Gasteiger partial charge in [0.25, 0.3) is 5.91 Å². The normalized spacial score (nSPS) is 16.2. The van der Waals surface area contributed by atoms with E-state index in [1.807, 2.05) is 62.4 Å². The highest BCUT2D eigenvalue weighted by atomic mass is 32.2. The number of hydrogen-bond donors (Lipinski definition) is 2. The fourth-order valence-corrected chi connectivity index (χ4v) is 7.09. The van der Waals surface area contributed by atoms with E-state index in [1.54, 1.807) is 40.7 Å². The molecule has 0 radical (unpaired) electrons. The zero-order valence-corrected chi connectivity index (χ0v) is 26.1. The molecule has 4 aromatic rings. The van der Waals surface area contributed by atoms with Gasteiger partial charge in [0.1, 0.15) is 29.9 Å². The standard InChI is InChI=1S/C34H32N6O4S/c1-5-38(33(43)44)21(2)31(41)37-30-32(42)39(27-16-10-11-17-29(27)45-34(30,3)4)20-24-23-13-7-9-15-26(23)40(28(24)19-36)25-14-8-6-12-22(25)18-35/h6-17,21,30H,5,20H2,1-4H3,(H,37,41)(H,43,44)/t21-,30+/m0/s1. The Balaban J connectivity index is 1.65. The molecule has 2 heterocycles. The summed E-state index contributed by atoms with van der Waals surface area (Å²) in [6, 6.07) is 24.5. The SMILES string of the molecule is CCN(C(=O)O)[C@@H](C)C(=O)N[C@@H]1C(=O)N(Cc2c(C#N)n(-c3ccccc3C#N)c3ccccc23)c2ccccc2SC1(C)C. The van der Waals surface area contributed by atoms with Crippen molar-refractivity contribution in [1.29, 1.82) is 10.5 Å². The first-order valence-corrected chi connectivity index (χ1v) is 15.3. The van der Waals surface area contributed by atoms with Gasteiger partial charge in [0, 0.05) is 27.1 Å². The summed E-state index contributed by atoms with van der Waals surface area (Å²) in [5, 5.41) is 33.6. The lowest BCUT2D eigenvalue weighted by Crippen LogP contribution is -2.59. The molecule has 1 aliphatic rings. The summed E-state index contributed by atoms with van der Waals surface area (Å²) in [6.07, 6.45) is -1.23. The number of benzene rings is 3. The van der Waals surface area contributed by atoms with E-state index in [2.05, 4.69) is 17.5 Å². The Bertz CT molecular complexity index is 1900. The fraction of sp³-hybridized carbons (Fsp3) is 0.265. The molecule has 11 heteroatoms. The average Bonchev–Trinajstić information content (AvgIpc) is 3.31. The van der Waals surface area contributed by atoms with Gasteiger partial charge in [-0.05, 0) is 58.0 Å². The lowest BCUT2D eigenvalue weighted by molar-refractivity contribution is -0.130. The van der Waals surface area contributed by atoms with E-state index in [9.17, 15) is 30.0 Å².